The predicted molar refractivity (Wildman–Crippen MR) is 114 cm³/mol. The van der Waals surface area contributed by atoms with E-state index in [2.05, 4.69) is 0 Å². The lowest BCUT2D eigenvalue weighted by Gasteiger charge is -2.34. The quantitative estimate of drug-likeness (QED) is 0.311. The van der Waals surface area contributed by atoms with Crippen LogP contribution in [0.3, 0.4) is 0 Å². The number of phenols is 2. The first kappa shape index (κ1) is 22.0. The molecule has 10 heteroatoms. The van der Waals surface area contributed by atoms with Crippen molar-refractivity contribution in [2.75, 3.05) is 0 Å². The molecule has 0 amide bonds. The van der Waals surface area contributed by atoms with Gasteiger partial charge in [0.25, 0.3) is 10.1 Å². The Morgan fingerprint density at radius 1 is 0.724 bits per heavy atom. The average Bonchev–Trinajstić information content (AvgIpc) is 2.63. The smallest absolute Gasteiger partial charge is 0.283 e. The molecule has 29 heavy (non-hydrogen) atoms. The molecule has 152 valence electrons. The summed E-state index contributed by atoms with van der Waals surface area (Å²) < 4.78 is 33.9. The maximum Gasteiger partial charge on any atom is 0.283 e. The van der Waals surface area contributed by atoms with Gasteiger partial charge >= 0.3 is 0 Å². The molecule has 0 spiro atoms. The minimum Gasteiger partial charge on any atom is -0.508 e. The Morgan fingerprint density at radius 2 is 1.31 bits per heavy atom. The van der Waals surface area contributed by atoms with E-state index >= 15 is 0 Å². The molecular weight excluding hydrogens is 482 g/mol. The lowest BCUT2D eigenvalue weighted by molar-refractivity contribution is 0.428. The van der Waals surface area contributed by atoms with Crippen molar-refractivity contribution in [3.63, 3.8) is 0 Å². The molecule has 0 radical (unpaired) electrons. The number of benzene rings is 3. The van der Waals surface area contributed by atoms with Gasteiger partial charge in [-0.15, -0.1) is 0 Å². The zero-order chi connectivity index (χ0) is 21.6. The van der Waals surface area contributed by atoms with E-state index in [9.17, 15) is 23.2 Å². The van der Waals surface area contributed by atoms with Crippen molar-refractivity contribution in [1.82, 2.24) is 0 Å². The van der Waals surface area contributed by atoms with Crippen molar-refractivity contribution in [3.05, 3.63) is 91.4 Å². The fraction of sp³-hybridized carbons (Fsp3) is 0.0526. The third-order valence-electron chi connectivity index (χ3n) is 4.41. The molecule has 1 atom stereocenters. The van der Waals surface area contributed by atoms with Crippen molar-refractivity contribution in [3.8, 4) is 11.5 Å². The molecule has 0 aliphatic heterocycles. The third-order valence-corrected chi connectivity index (χ3v) is 7.20. The minimum atomic E-state index is -5.20. The molecule has 0 heterocycles. The van der Waals surface area contributed by atoms with E-state index in [0.29, 0.717) is 0 Å². The predicted octanol–water partition coefficient (Wildman–Crippen LogP) is 5.89. The van der Waals surface area contributed by atoms with Gasteiger partial charge in [0.05, 0.1) is 10.0 Å². The van der Waals surface area contributed by atoms with E-state index in [-0.39, 0.29) is 25.7 Å². The zero-order valence-corrected chi connectivity index (χ0v) is 18.1. The molecule has 3 aromatic carbocycles. The summed E-state index contributed by atoms with van der Waals surface area (Å²) in [5.41, 5.74) is -0.974. The highest BCUT2D eigenvalue weighted by Gasteiger charge is 2.54. The van der Waals surface area contributed by atoms with Crippen LogP contribution in [-0.4, -0.2) is 23.2 Å². The number of phenolic OH excluding ortho intramolecular Hbond substituents is 2. The molecule has 5 nitrogen and oxygen atoms in total. The highest BCUT2D eigenvalue weighted by Crippen LogP contribution is 2.54. The Hall–Kier alpha value is -1.67. The van der Waals surface area contributed by atoms with Gasteiger partial charge in [-0.05, 0) is 42.0 Å². The standard InChI is InChI=1S/C19H12Cl4O5S/c20-11-6-4-10(5-7-11)19(29(26,27)28,16-12(21)2-1-3-14(16)24)17-15(25)9-8-13(22)18(17)23/h1-9,24-25H,(H,26,27,28). The minimum absolute atomic E-state index is 0.0898. The van der Waals surface area contributed by atoms with Gasteiger partial charge in [-0.3, -0.25) is 4.55 Å². The Morgan fingerprint density at radius 3 is 1.86 bits per heavy atom. The van der Waals surface area contributed by atoms with Crippen LogP contribution in [0.5, 0.6) is 11.5 Å². The van der Waals surface area contributed by atoms with Gasteiger partial charge < -0.3 is 10.2 Å². The van der Waals surface area contributed by atoms with E-state index in [1.807, 2.05) is 0 Å². The first-order chi connectivity index (χ1) is 13.5. The number of halogens is 4. The maximum atomic E-state index is 13.0. The van der Waals surface area contributed by atoms with E-state index in [4.69, 9.17) is 46.4 Å². The maximum absolute atomic E-state index is 13.0. The average molecular weight is 494 g/mol. The Balaban J connectivity index is 2.68. The molecule has 0 fully saturated rings. The molecule has 0 bridgehead atoms. The monoisotopic (exact) mass is 492 g/mol. The molecule has 3 rings (SSSR count). The van der Waals surface area contributed by atoms with Gasteiger partial charge in [-0.2, -0.15) is 8.42 Å². The van der Waals surface area contributed by atoms with Gasteiger partial charge in [0.1, 0.15) is 11.5 Å². The summed E-state index contributed by atoms with van der Waals surface area (Å²) in [5, 5.41) is 20.8. The molecule has 3 N–H and O–H groups in total. The largest absolute Gasteiger partial charge is 0.508 e. The number of hydrogen-bond donors (Lipinski definition) is 3. The van der Waals surface area contributed by atoms with Crippen molar-refractivity contribution in [2.24, 2.45) is 0 Å². The van der Waals surface area contributed by atoms with Gasteiger partial charge in [0.2, 0.25) is 0 Å². The molecule has 0 saturated heterocycles. The van der Waals surface area contributed by atoms with Gasteiger partial charge in [0.15, 0.2) is 4.75 Å². The van der Waals surface area contributed by atoms with E-state index in [0.717, 1.165) is 6.07 Å². The first-order valence-corrected chi connectivity index (χ1v) is 10.9. The fourth-order valence-electron chi connectivity index (χ4n) is 3.24. The summed E-state index contributed by atoms with van der Waals surface area (Å²) in [6.07, 6.45) is 0. The summed E-state index contributed by atoms with van der Waals surface area (Å²) in [5.74, 6) is -1.15. The molecule has 0 aliphatic carbocycles. The number of hydrogen-bond acceptors (Lipinski definition) is 4. The molecule has 3 aromatic rings. The topological polar surface area (TPSA) is 94.8 Å². The molecule has 0 aromatic heterocycles. The summed E-state index contributed by atoms with van der Waals surface area (Å²) in [4.78, 5) is 0. The SMILES string of the molecule is O=S(=O)(O)C(c1ccc(Cl)cc1)(c1c(O)cccc1Cl)c1c(O)ccc(Cl)c1Cl. The normalized spacial score (nSPS) is 13.8. The van der Waals surface area contributed by atoms with Crippen molar-refractivity contribution in [2.45, 2.75) is 4.75 Å². The van der Waals surface area contributed by atoms with Crippen molar-refractivity contribution in [1.29, 1.82) is 0 Å². The first-order valence-electron chi connectivity index (χ1n) is 7.90. The lowest BCUT2D eigenvalue weighted by atomic mass is 9.82. The third kappa shape index (κ3) is 3.54. The van der Waals surface area contributed by atoms with Crippen LogP contribution in [0.2, 0.25) is 20.1 Å². The highest BCUT2D eigenvalue weighted by atomic mass is 35.5. The van der Waals surface area contributed by atoms with Crippen LogP contribution in [-0.2, 0) is 14.9 Å². The highest BCUT2D eigenvalue weighted by molar-refractivity contribution is 7.87. The summed E-state index contributed by atoms with van der Waals surface area (Å²) in [6, 6.07) is 11.6. The van der Waals surface area contributed by atoms with E-state index < -0.39 is 37.5 Å². The molecular formula is C19H12Cl4O5S. The Bertz CT molecular complexity index is 1180. The summed E-state index contributed by atoms with van der Waals surface area (Å²) >= 11 is 24.6. The van der Waals surface area contributed by atoms with E-state index in [1.54, 1.807) is 0 Å². The van der Waals surface area contributed by atoms with Crippen LogP contribution in [0.4, 0.5) is 0 Å². The number of rotatable bonds is 4. The van der Waals surface area contributed by atoms with Crippen molar-refractivity contribution >= 4 is 56.5 Å². The van der Waals surface area contributed by atoms with Gasteiger partial charge in [0, 0.05) is 21.2 Å². The second-order valence-electron chi connectivity index (χ2n) is 6.05. The second-order valence-corrected chi connectivity index (χ2v) is 9.24. The van der Waals surface area contributed by atoms with Crippen molar-refractivity contribution < 1.29 is 23.2 Å². The van der Waals surface area contributed by atoms with Crippen LogP contribution in [0.15, 0.2) is 54.6 Å². The number of aromatic hydroxyl groups is 2. The lowest BCUT2D eigenvalue weighted by Crippen LogP contribution is -2.39. The molecule has 0 aliphatic rings. The Kier molecular flexibility index (Phi) is 5.98. The molecule has 0 saturated carbocycles. The van der Waals surface area contributed by atoms with Crippen LogP contribution in [0.1, 0.15) is 16.7 Å². The van der Waals surface area contributed by atoms with Crippen LogP contribution in [0.25, 0.3) is 0 Å². The molecule has 1 unspecified atom stereocenters. The van der Waals surface area contributed by atoms with Crippen LogP contribution >= 0.6 is 46.4 Å². The summed E-state index contributed by atoms with van der Waals surface area (Å²) in [6.45, 7) is 0. The van der Waals surface area contributed by atoms with E-state index in [1.165, 1.54) is 48.5 Å². The Labute approximate surface area is 186 Å². The van der Waals surface area contributed by atoms with Crippen LogP contribution in [0, 0.1) is 0 Å². The zero-order valence-electron chi connectivity index (χ0n) is 14.3. The summed E-state index contributed by atoms with van der Waals surface area (Å²) in [7, 11) is -5.20. The van der Waals surface area contributed by atoms with Gasteiger partial charge in [-0.1, -0.05) is 64.6 Å². The van der Waals surface area contributed by atoms with Crippen LogP contribution < -0.4 is 0 Å². The fourth-order valence-corrected chi connectivity index (χ4v) is 5.62. The second kappa shape index (κ2) is 7.87. The van der Waals surface area contributed by atoms with Gasteiger partial charge in [-0.25, -0.2) is 0 Å².